The molecule has 12 rings (SSSR count). The topological polar surface area (TPSA) is 492 Å². The number of rotatable bonds is 37. The summed E-state index contributed by atoms with van der Waals surface area (Å²) in [5, 5.41) is 37.2. The molecule has 12 amide bonds. The van der Waals surface area contributed by atoms with Gasteiger partial charge in [-0.2, -0.15) is 0 Å². The molecule has 0 saturated carbocycles. The number of benzene rings is 3. The average Bonchev–Trinajstić information content (AvgIpc) is 1.61. The molecule has 12 N–H and O–H groups in total. The molecular weight excluding hydrogens is 1600 g/mol. The van der Waals surface area contributed by atoms with Gasteiger partial charge in [-0.05, 0) is 73.5 Å². The molecule has 122 heavy (non-hydrogen) atoms. The van der Waals surface area contributed by atoms with Crippen molar-refractivity contribution >= 4 is 128 Å². The predicted molar refractivity (Wildman–Crippen MR) is 447 cm³/mol. The molecule has 0 aliphatic carbocycles. The van der Waals surface area contributed by atoms with Crippen molar-refractivity contribution in [2.24, 2.45) is 54.3 Å². The molecule has 0 spiro atoms. The Hall–Kier alpha value is -15.1. The molecule has 0 fully saturated rings. The Morgan fingerprint density at radius 2 is 0.926 bits per heavy atom. The van der Waals surface area contributed by atoms with E-state index in [1.807, 2.05) is 43.3 Å². The summed E-state index contributed by atoms with van der Waals surface area (Å²) in [6.45, 7) is 2.64. The van der Waals surface area contributed by atoms with Crippen LogP contribution in [0.1, 0.15) is 141 Å². The minimum Gasteiger partial charge on any atom is -0.491 e. The number of hydrogen-bond donors (Lipinski definition) is 12. The third-order valence-corrected chi connectivity index (χ3v) is 19.2. The number of aryl methyl sites for hydroxylation is 8. The van der Waals surface area contributed by atoms with E-state index in [0.717, 1.165) is 22.3 Å². The molecule has 1 atom stereocenters. The Kier molecular flexibility index (Phi) is 27.9. The largest absolute Gasteiger partial charge is 0.491 e. The number of imidazole rings is 4. The molecular formula is C81H88ClN25O15. The summed E-state index contributed by atoms with van der Waals surface area (Å²) in [6, 6.07) is 25.9. The van der Waals surface area contributed by atoms with E-state index in [-0.39, 0.29) is 172 Å². The highest BCUT2D eigenvalue weighted by Crippen LogP contribution is 2.41. The van der Waals surface area contributed by atoms with Gasteiger partial charge in [0.1, 0.15) is 35.5 Å². The molecule has 1 aliphatic heterocycles. The van der Waals surface area contributed by atoms with Crippen LogP contribution < -0.4 is 68.5 Å². The first-order valence-electron chi connectivity index (χ1n) is 38.4. The van der Waals surface area contributed by atoms with Crippen LogP contribution in [0.5, 0.6) is 5.75 Å². The predicted octanol–water partition coefficient (Wildman–Crippen LogP) is 5.93. The lowest BCUT2D eigenvalue weighted by Crippen LogP contribution is -2.33. The zero-order chi connectivity index (χ0) is 86.8. The second-order valence-corrected chi connectivity index (χ2v) is 28.7. The highest BCUT2D eigenvalue weighted by atomic mass is 35.5. The maximum absolute atomic E-state index is 13.6. The monoisotopic (exact) mass is 1690 g/mol. The summed E-state index contributed by atoms with van der Waals surface area (Å²) in [5.74, 6) is -4.64. The minimum absolute atomic E-state index is 0.0151. The van der Waals surface area contributed by atoms with Crippen molar-refractivity contribution in [3.05, 3.63) is 209 Å². The Bertz CT molecular complexity index is 5820. The SMILES string of the molecule is Cc1noc2c1-c1ccccc1C(c1ccc(Cl)cc1)=N[C@H]2CC(=O)Nc1ccc(OCCOCCNC(=O)CCNC(=O)c2nc(NC(=O)c3cc(NC(=O)CCNC(=O)c4nc(NC(=O)CCCNC(=O)c5cc(NC(=O)c6nc(NC(=O)CCNC(=O)c7cc(NC(=O)c8nccn8C)cn7C)cn6C)cn5C)cn4C)cn3C)cn2C)cc1. The number of halogens is 1. The lowest BCUT2D eigenvalue weighted by molar-refractivity contribution is -0.121. The van der Waals surface area contributed by atoms with Crippen LogP contribution >= 0.6 is 11.6 Å². The van der Waals surface area contributed by atoms with E-state index in [1.165, 1.54) is 82.8 Å². The van der Waals surface area contributed by atoms with E-state index < -0.39 is 65.1 Å². The van der Waals surface area contributed by atoms with Crippen molar-refractivity contribution in [3.8, 4) is 16.9 Å². The van der Waals surface area contributed by atoms with Crippen molar-refractivity contribution < 1.29 is 71.5 Å². The summed E-state index contributed by atoms with van der Waals surface area (Å²) in [7, 11) is 11.2. The number of hydrogen-bond acceptors (Lipinski definition) is 21. The van der Waals surface area contributed by atoms with E-state index in [4.69, 9.17) is 30.6 Å². The zero-order valence-electron chi connectivity index (χ0n) is 67.6. The number of carbonyl (C=O) groups is 12. The number of aliphatic imine (C=N–C) groups is 1. The summed E-state index contributed by atoms with van der Waals surface area (Å²) < 4.78 is 27.6. The van der Waals surface area contributed by atoms with Crippen molar-refractivity contribution in [2.45, 2.75) is 51.5 Å². The van der Waals surface area contributed by atoms with Crippen LogP contribution in [0.4, 0.5) is 40.2 Å². The Morgan fingerprint density at radius 3 is 1.50 bits per heavy atom. The molecule has 1 aliphatic rings. The van der Waals surface area contributed by atoms with Gasteiger partial charge in [0.2, 0.25) is 47.0 Å². The van der Waals surface area contributed by atoms with Crippen LogP contribution in [0.25, 0.3) is 11.1 Å². The Labute approximate surface area is 701 Å². The number of nitrogens with one attached hydrogen (secondary N) is 12. The zero-order valence-corrected chi connectivity index (χ0v) is 68.3. The first kappa shape index (κ1) is 86.3. The standard InChI is InChI=1S/C81H88ClN25O15/c1-46-68-54-12-9-10-13-55(54)69(47-15-17-48(82)18-16-47)93-56(70(68)122-100-46)39-67(112)89-49-19-21-53(22-20-49)121-35-34-120-33-31-83-63(108)23-27-87-79(117)73-98-62(45-106(73)7)99-77(115)59-36-50(40-104(59)5)90-65(110)24-29-88-78(116)72-96-60(43-105(72)6)94-64(109)14-11-26-85-75(113)57-38-52(42-102(57)3)92-81(119)74-97-61(44-107(74)8)95-66(111)25-28-86-76(114)58-37-51(41-103(58)4)91-80(118)71-84-30-32-101(71)2/h9-10,12-13,15-22,30,32,36-38,40-45,56H,11,14,23-29,31,33-35,39H2,1-8H3,(H,83,108)(H,85,113)(H,86,114)(H,87,117)(H,88,116)(H,89,112)(H,90,110)(H,91,118)(H,92,119)(H,94,109)(H,95,111)(H,99,115)/t56-/m0/s1. The van der Waals surface area contributed by atoms with Gasteiger partial charge in [0.15, 0.2) is 29.0 Å². The number of amides is 12. The van der Waals surface area contributed by atoms with Crippen molar-refractivity contribution in [1.29, 1.82) is 0 Å². The number of nitrogens with zero attached hydrogens (tertiary/aromatic N) is 13. The smallest absolute Gasteiger partial charge is 0.291 e. The molecule has 8 aromatic heterocycles. The molecule has 9 heterocycles. The van der Waals surface area contributed by atoms with Gasteiger partial charge in [-0.25, -0.2) is 19.9 Å². The van der Waals surface area contributed by atoms with Gasteiger partial charge in [-0.1, -0.05) is 53.2 Å². The second-order valence-electron chi connectivity index (χ2n) is 28.2. The van der Waals surface area contributed by atoms with Gasteiger partial charge in [-0.15, -0.1) is 0 Å². The Morgan fingerprint density at radius 1 is 0.434 bits per heavy atom. The van der Waals surface area contributed by atoms with E-state index in [1.54, 1.807) is 103 Å². The van der Waals surface area contributed by atoms with Crippen LogP contribution in [-0.2, 0) is 78.0 Å². The van der Waals surface area contributed by atoms with Crippen molar-refractivity contribution in [3.63, 3.8) is 0 Å². The van der Waals surface area contributed by atoms with Gasteiger partial charge in [0.25, 0.3) is 41.4 Å². The third-order valence-electron chi connectivity index (χ3n) is 19.0. The normalized spacial score (nSPS) is 12.0. The summed E-state index contributed by atoms with van der Waals surface area (Å²) in [5.41, 5.74) is 6.88. The fourth-order valence-electron chi connectivity index (χ4n) is 13.0. The fraction of sp³-hybridized carbons (Fsp3) is 0.284. The number of anilines is 7. The van der Waals surface area contributed by atoms with E-state index in [2.05, 4.69) is 88.9 Å². The lowest BCUT2D eigenvalue weighted by atomic mass is 9.93. The lowest BCUT2D eigenvalue weighted by Gasteiger charge is -2.13. The van der Waals surface area contributed by atoms with Gasteiger partial charge < -0.3 is 110 Å². The molecule has 0 bridgehead atoms. The molecule has 40 nitrogen and oxygen atoms in total. The van der Waals surface area contributed by atoms with Crippen molar-refractivity contribution in [1.82, 2.24) is 83.6 Å². The number of fused-ring (bicyclic) bond motifs is 3. The van der Waals surface area contributed by atoms with Crippen LogP contribution in [0.3, 0.4) is 0 Å². The van der Waals surface area contributed by atoms with Gasteiger partial charge >= 0.3 is 0 Å². The molecule has 0 unspecified atom stereocenters. The summed E-state index contributed by atoms with van der Waals surface area (Å²) >= 11 is 6.23. The molecule has 634 valence electrons. The fourth-order valence-corrected chi connectivity index (χ4v) is 13.1. The van der Waals surface area contributed by atoms with Crippen LogP contribution in [0, 0.1) is 6.92 Å². The highest BCUT2D eigenvalue weighted by molar-refractivity contribution is 6.31. The minimum atomic E-state index is -0.670. The van der Waals surface area contributed by atoms with Gasteiger partial charge in [-0.3, -0.25) is 62.5 Å². The molecule has 0 saturated heterocycles. The maximum Gasteiger partial charge on any atom is 0.291 e. The quantitative estimate of drug-likeness (QED) is 0.0201. The molecule has 41 heteroatoms. The van der Waals surface area contributed by atoms with Gasteiger partial charge in [0, 0.05) is 179 Å². The molecule has 0 radical (unpaired) electrons. The first-order valence-corrected chi connectivity index (χ1v) is 38.8. The van der Waals surface area contributed by atoms with Gasteiger partial charge in [0.05, 0.1) is 53.7 Å². The van der Waals surface area contributed by atoms with Crippen LogP contribution in [-0.4, -0.2) is 186 Å². The van der Waals surface area contributed by atoms with E-state index in [9.17, 15) is 57.5 Å². The maximum atomic E-state index is 13.6. The first-order chi connectivity index (χ1) is 58.6. The summed E-state index contributed by atoms with van der Waals surface area (Å²) in [4.78, 5) is 179. The molecule has 11 aromatic rings. The van der Waals surface area contributed by atoms with Crippen molar-refractivity contribution in [2.75, 3.05) is 89.8 Å². The highest BCUT2D eigenvalue weighted by Gasteiger charge is 2.33. The Balaban J connectivity index is 0.485. The number of carbonyl (C=O) groups excluding carboxylic acids is 12. The van der Waals surface area contributed by atoms with E-state index >= 15 is 0 Å². The summed E-state index contributed by atoms with van der Waals surface area (Å²) in [6.07, 6.45) is 11.9. The average molecular weight is 1690 g/mol. The second kappa shape index (κ2) is 39.4. The third kappa shape index (κ3) is 22.2. The molecule has 3 aromatic carbocycles. The number of ether oxygens (including phenoxy) is 2. The van der Waals surface area contributed by atoms with E-state index in [0.29, 0.717) is 39.3 Å². The number of aromatic nitrogens is 12. The van der Waals surface area contributed by atoms with Crippen LogP contribution in [0.15, 0.2) is 150 Å². The van der Waals surface area contributed by atoms with Crippen LogP contribution in [0.2, 0.25) is 5.02 Å².